The van der Waals surface area contributed by atoms with Crippen molar-refractivity contribution in [2.45, 2.75) is 45.4 Å². The normalized spacial score (nSPS) is 10.2. The van der Waals surface area contributed by atoms with E-state index in [1.807, 2.05) is 0 Å². The van der Waals surface area contributed by atoms with Crippen LogP contribution in [0.15, 0.2) is 24.3 Å². The highest BCUT2D eigenvalue weighted by Crippen LogP contribution is 2.10. The number of aryl methyl sites for hydroxylation is 2. The molecule has 1 aromatic rings. The van der Waals surface area contributed by atoms with Crippen LogP contribution in [0.4, 0.5) is 4.79 Å². The molecule has 0 bridgehead atoms. The van der Waals surface area contributed by atoms with E-state index in [-0.39, 0.29) is 0 Å². The van der Waals surface area contributed by atoms with Gasteiger partial charge < -0.3 is 9.47 Å². The zero-order valence-electron chi connectivity index (χ0n) is 12.0. The third-order valence-corrected chi connectivity index (χ3v) is 3.09. The summed E-state index contributed by atoms with van der Waals surface area (Å²) in [7, 11) is 1.32. The van der Waals surface area contributed by atoms with Gasteiger partial charge in [0.05, 0.1) is 13.7 Å². The van der Waals surface area contributed by atoms with E-state index in [1.165, 1.54) is 43.9 Å². The molecule has 0 N–H and O–H groups in total. The fourth-order valence-electron chi connectivity index (χ4n) is 1.94. The molecule has 0 amide bonds. The average molecular weight is 264 g/mol. The van der Waals surface area contributed by atoms with Gasteiger partial charge in [-0.3, -0.25) is 0 Å². The van der Waals surface area contributed by atoms with Crippen molar-refractivity contribution in [3.8, 4) is 0 Å². The Kier molecular flexibility index (Phi) is 7.71. The van der Waals surface area contributed by atoms with E-state index in [0.29, 0.717) is 6.61 Å². The molecule has 0 saturated carbocycles. The van der Waals surface area contributed by atoms with Gasteiger partial charge in [0.15, 0.2) is 0 Å². The Morgan fingerprint density at radius 3 is 2.11 bits per heavy atom. The van der Waals surface area contributed by atoms with Crippen LogP contribution in [-0.2, 0) is 22.3 Å². The first-order valence-electron chi connectivity index (χ1n) is 7.04. The van der Waals surface area contributed by atoms with Crippen LogP contribution in [0, 0.1) is 0 Å². The SMILES string of the molecule is CCCCCc1ccc(CCCOC(=O)OC)cc1. The van der Waals surface area contributed by atoms with Crippen LogP contribution in [0.3, 0.4) is 0 Å². The standard InChI is InChI=1S/C16H24O3/c1-3-4-5-7-14-9-11-15(12-10-14)8-6-13-19-16(17)18-2/h9-12H,3-8,13H2,1-2H3. The van der Waals surface area contributed by atoms with Crippen molar-refractivity contribution in [3.05, 3.63) is 35.4 Å². The second kappa shape index (κ2) is 9.42. The van der Waals surface area contributed by atoms with E-state index in [2.05, 4.69) is 35.9 Å². The Labute approximate surface area is 115 Å². The third-order valence-electron chi connectivity index (χ3n) is 3.09. The molecule has 0 spiro atoms. The minimum absolute atomic E-state index is 0.408. The van der Waals surface area contributed by atoms with Crippen LogP contribution in [-0.4, -0.2) is 19.9 Å². The minimum atomic E-state index is -0.605. The van der Waals surface area contributed by atoms with E-state index in [9.17, 15) is 4.79 Å². The van der Waals surface area contributed by atoms with Gasteiger partial charge in [0, 0.05) is 0 Å². The summed E-state index contributed by atoms with van der Waals surface area (Å²) >= 11 is 0. The summed E-state index contributed by atoms with van der Waals surface area (Å²) in [5, 5.41) is 0. The van der Waals surface area contributed by atoms with Gasteiger partial charge >= 0.3 is 6.16 Å². The first-order chi connectivity index (χ1) is 9.26. The molecule has 0 heterocycles. The fraction of sp³-hybridized carbons (Fsp3) is 0.562. The summed E-state index contributed by atoms with van der Waals surface area (Å²) in [4.78, 5) is 10.7. The van der Waals surface area contributed by atoms with Crippen LogP contribution in [0.5, 0.6) is 0 Å². The lowest BCUT2D eigenvalue weighted by Crippen LogP contribution is -2.06. The number of rotatable bonds is 8. The Bertz CT molecular complexity index is 357. The Morgan fingerprint density at radius 2 is 1.58 bits per heavy atom. The predicted octanol–water partition coefficient (Wildman–Crippen LogP) is 4.13. The largest absolute Gasteiger partial charge is 0.507 e. The van der Waals surface area contributed by atoms with Crippen molar-refractivity contribution in [2.75, 3.05) is 13.7 Å². The van der Waals surface area contributed by atoms with Crippen LogP contribution in [0.1, 0.15) is 43.7 Å². The number of carbonyl (C=O) groups excluding carboxylic acids is 1. The number of hydrogen-bond acceptors (Lipinski definition) is 3. The highest BCUT2D eigenvalue weighted by atomic mass is 16.7. The third kappa shape index (κ3) is 6.85. The molecule has 1 rings (SSSR count). The molecule has 0 unspecified atom stereocenters. The van der Waals surface area contributed by atoms with Crippen LogP contribution < -0.4 is 0 Å². The molecule has 0 aliphatic rings. The first-order valence-corrected chi connectivity index (χ1v) is 7.04. The van der Waals surface area contributed by atoms with Crippen molar-refractivity contribution >= 4 is 6.16 Å². The van der Waals surface area contributed by atoms with E-state index in [4.69, 9.17) is 4.74 Å². The van der Waals surface area contributed by atoms with Gasteiger partial charge in [0.2, 0.25) is 0 Å². The molecule has 0 radical (unpaired) electrons. The molecule has 0 atom stereocenters. The second-order valence-electron chi connectivity index (χ2n) is 4.68. The Balaban J connectivity index is 2.22. The molecule has 0 aliphatic carbocycles. The average Bonchev–Trinajstić information content (AvgIpc) is 2.45. The smallest absolute Gasteiger partial charge is 0.438 e. The molecular weight excluding hydrogens is 240 g/mol. The molecule has 0 fully saturated rings. The maximum atomic E-state index is 10.7. The maximum absolute atomic E-state index is 10.7. The maximum Gasteiger partial charge on any atom is 0.507 e. The second-order valence-corrected chi connectivity index (χ2v) is 4.68. The van der Waals surface area contributed by atoms with Gasteiger partial charge in [0.1, 0.15) is 0 Å². The van der Waals surface area contributed by atoms with E-state index >= 15 is 0 Å². The number of hydrogen-bond donors (Lipinski definition) is 0. The molecule has 0 aromatic heterocycles. The van der Waals surface area contributed by atoms with Crippen LogP contribution >= 0.6 is 0 Å². The Morgan fingerprint density at radius 1 is 1.00 bits per heavy atom. The fourth-order valence-corrected chi connectivity index (χ4v) is 1.94. The minimum Gasteiger partial charge on any atom is -0.438 e. The lowest BCUT2D eigenvalue weighted by atomic mass is 10.0. The molecule has 106 valence electrons. The van der Waals surface area contributed by atoms with Crippen LogP contribution in [0.25, 0.3) is 0 Å². The number of unbranched alkanes of at least 4 members (excludes halogenated alkanes) is 2. The summed E-state index contributed by atoms with van der Waals surface area (Å²) in [5.74, 6) is 0. The molecule has 0 saturated heterocycles. The summed E-state index contributed by atoms with van der Waals surface area (Å²) in [5.41, 5.74) is 2.69. The molecule has 1 aromatic carbocycles. The van der Waals surface area contributed by atoms with Crippen molar-refractivity contribution in [1.29, 1.82) is 0 Å². The van der Waals surface area contributed by atoms with Gasteiger partial charge in [-0.25, -0.2) is 4.79 Å². The number of benzene rings is 1. The summed E-state index contributed by atoms with van der Waals surface area (Å²) in [6, 6.07) is 8.73. The topological polar surface area (TPSA) is 35.5 Å². The highest BCUT2D eigenvalue weighted by molar-refractivity contribution is 5.59. The zero-order chi connectivity index (χ0) is 13.9. The molecule has 3 nitrogen and oxygen atoms in total. The summed E-state index contributed by atoms with van der Waals surface area (Å²) in [6.45, 7) is 2.63. The molecule has 19 heavy (non-hydrogen) atoms. The predicted molar refractivity (Wildman–Crippen MR) is 76.3 cm³/mol. The van der Waals surface area contributed by atoms with Gasteiger partial charge in [-0.1, -0.05) is 44.0 Å². The van der Waals surface area contributed by atoms with Crippen molar-refractivity contribution in [1.82, 2.24) is 0 Å². The van der Waals surface area contributed by atoms with E-state index in [0.717, 1.165) is 12.8 Å². The van der Waals surface area contributed by atoms with E-state index in [1.54, 1.807) is 0 Å². The van der Waals surface area contributed by atoms with E-state index < -0.39 is 6.16 Å². The lowest BCUT2D eigenvalue weighted by molar-refractivity contribution is 0.0719. The zero-order valence-corrected chi connectivity index (χ0v) is 12.0. The van der Waals surface area contributed by atoms with Gasteiger partial charge in [-0.15, -0.1) is 0 Å². The highest BCUT2D eigenvalue weighted by Gasteiger charge is 2.00. The van der Waals surface area contributed by atoms with Crippen LogP contribution in [0.2, 0.25) is 0 Å². The molecule has 3 heteroatoms. The summed E-state index contributed by atoms with van der Waals surface area (Å²) < 4.78 is 9.24. The van der Waals surface area contributed by atoms with Gasteiger partial charge in [0.25, 0.3) is 0 Å². The van der Waals surface area contributed by atoms with Crippen molar-refractivity contribution < 1.29 is 14.3 Å². The number of carbonyl (C=O) groups is 1. The molecular formula is C16H24O3. The lowest BCUT2D eigenvalue weighted by Gasteiger charge is -2.05. The monoisotopic (exact) mass is 264 g/mol. The quantitative estimate of drug-likeness (QED) is 0.523. The molecule has 0 aliphatic heterocycles. The number of ether oxygens (including phenoxy) is 2. The van der Waals surface area contributed by atoms with Gasteiger partial charge in [-0.2, -0.15) is 0 Å². The van der Waals surface area contributed by atoms with Crippen molar-refractivity contribution in [2.24, 2.45) is 0 Å². The van der Waals surface area contributed by atoms with Crippen molar-refractivity contribution in [3.63, 3.8) is 0 Å². The number of methoxy groups -OCH3 is 1. The Hall–Kier alpha value is -1.51. The first kappa shape index (κ1) is 15.5. The van der Waals surface area contributed by atoms with Gasteiger partial charge in [-0.05, 0) is 36.8 Å². The summed E-state index contributed by atoms with van der Waals surface area (Å²) in [6.07, 6.45) is 6.13.